The molecular formula is C23H22N4O3. The highest BCUT2D eigenvalue weighted by molar-refractivity contribution is 5.95. The van der Waals surface area contributed by atoms with Gasteiger partial charge in [0.2, 0.25) is 5.91 Å². The molecule has 7 heteroatoms. The number of primary amides is 1. The summed E-state index contributed by atoms with van der Waals surface area (Å²) in [6.07, 6.45) is 1.70. The molecule has 1 fully saturated rings. The molecule has 2 amide bonds. The minimum Gasteiger partial charge on any atom is -0.383 e. The second kappa shape index (κ2) is 8.34. The minimum absolute atomic E-state index is 0.00973. The number of nitrogens with two attached hydrogens (primary N) is 2. The first-order valence-electron chi connectivity index (χ1n) is 9.66. The molecule has 0 bridgehead atoms. The fourth-order valence-electron chi connectivity index (χ4n) is 3.43. The van der Waals surface area contributed by atoms with Gasteiger partial charge >= 0.3 is 0 Å². The van der Waals surface area contributed by atoms with E-state index >= 15 is 0 Å². The summed E-state index contributed by atoms with van der Waals surface area (Å²) in [5.41, 5.74) is 15.9. The van der Waals surface area contributed by atoms with Crippen molar-refractivity contribution in [3.63, 3.8) is 0 Å². The van der Waals surface area contributed by atoms with E-state index in [2.05, 4.69) is 4.98 Å². The fourth-order valence-corrected chi connectivity index (χ4v) is 3.43. The van der Waals surface area contributed by atoms with Crippen LogP contribution in [0.15, 0.2) is 60.8 Å². The van der Waals surface area contributed by atoms with Crippen LogP contribution in [-0.4, -0.2) is 48.0 Å². The number of hydrogen-bond donors (Lipinski definition) is 2. The van der Waals surface area contributed by atoms with Gasteiger partial charge < -0.3 is 21.1 Å². The average Bonchev–Trinajstić information content (AvgIpc) is 2.80. The number of amides is 2. The van der Waals surface area contributed by atoms with Crippen LogP contribution in [0.5, 0.6) is 0 Å². The standard InChI is InChI=1S/C23H22N4O3/c24-21-20(16-3-5-17(6-4-16)22(25)28)13-19(14-26-21)15-1-7-18(8-2-15)23(29)27-9-11-30-12-10-27/h1-8,13-14H,9-12H2,(H2,24,26)(H2,25,28). The minimum atomic E-state index is -0.479. The molecule has 2 aromatic carbocycles. The summed E-state index contributed by atoms with van der Waals surface area (Å²) in [5.74, 6) is -0.0756. The molecule has 3 aromatic rings. The van der Waals surface area contributed by atoms with Gasteiger partial charge in [-0.2, -0.15) is 0 Å². The van der Waals surface area contributed by atoms with Gasteiger partial charge in [0.25, 0.3) is 5.91 Å². The molecule has 152 valence electrons. The molecule has 1 aliphatic rings. The highest BCUT2D eigenvalue weighted by atomic mass is 16.5. The number of pyridine rings is 1. The Kier molecular flexibility index (Phi) is 5.45. The van der Waals surface area contributed by atoms with Gasteiger partial charge in [-0.1, -0.05) is 24.3 Å². The first-order chi connectivity index (χ1) is 14.5. The van der Waals surface area contributed by atoms with Crippen molar-refractivity contribution < 1.29 is 14.3 Å². The Morgan fingerprint density at radius 2 is 1.47 bits per heavy atom. The largest absolute Gasteiger partial charge is 0.383 e. The van der Waals surface area contributed by atoms with E-state index in [-0.39, 0.29) is 5.91 Å². The zero-order valence-electron chi connectivity index (χ0n) is 16.4. The van der Waals surface area contributed by atoms with Gasteiger partial charge in [-0.15, -0.1) is 0 Å². The average molecular weight is 402 g/mol. The first-order valence-corrected chi connectivity index (χ1v) is 9.66. The number of nitrogens with zero attached hydrogens (tertiary/aromatic N) is 2. The van der Waals surface area contributed by atoms with E-state index in [0.29, 0.717) is 43.2 Å². The van der Waals surface area contributed by atoms with Crippen LogP contribution in [0.2, 0.25) is 0 Å². The predicted molar refractivity (Wildman–Crippen MR) is 115 cm³/mol. The molecule has 1 aromatic heterocycles. The van der Waals surface area contributed by atoms with Crippen molar-refractivity contribution in [2.45, 2.75) is 0 Å². The fraction of sp³-hybridized carbons (Fsp3) is 0.174. The Labute approximate surface area is 174 Å². The summed E-state index contributed by atoms with van der Waals surface area (Å²) in [7, 11) is 0. The molecule has 0 unspecified atom stereocenters. The third-order valence-corrected chi connectivity index (χ3v) is 5.16. The second-order valence-electron chi connectivity index (χ2n) is 7.08. The molecule has 0 spiro atoms. The molecule has 1 aliphatic heterocycles. The van der Waals surface area contributed by atoms with Gasteiger partial charge in [0.15, 0.2) is 0 Å². The van der Waals surface area contributed by atoms with Crippen LogP contribution in [0.1, 0.15) is 20.7 Å². The number of carbonyl (C=O) groups excluding carboxylic acids is 2. The van der Waals surface area contributed by atoms with E-state index in [9.17, 15) is 9.59 Å². The Hall–Kier alpha value is -3.71. The van der Waals surface area contributed by atoms with Gasteiger partial charge in [0.1, 0.15) is 5.82 Å². The number of hydrogen-bond acceptors (Lipinski definition) is 5. The lowest BCUT2D eigenvalue weighted by molar-refractivity contribution is 0.0303. The molecule has 4 rings (SSSR count). The summed E-state index contributed by atoms with van der Waals surface area (Å²) < 4.78 is 5.30. The van der Waals surface area contributed by atoms with Crippen LogP contribution in [0.4, 0.5) is 5.82 Å². The van der Waals surface area contributed by atoms with Crippen molar-refractivity contribution in [1.82, 2.24) is 9.88 Å². The summed E-state index contributed by atoms with van der Waals surface area (Å²) in [5, 5.41) is 0. The maximum atomic E-state index is 12.6. The zero-order chi connectivity index (χ0) is 21.1. The van der Waals surface area contributed by atoms with Crippen molar-refractivity contribution in [1.29, 1.82) is 0 Å². The van der Waals surface area contributed by atoms with Crippen molar-refractivity contribution in [2.24, 2.45) is 5.73 Å². The molecular weight excluding hydrogens is 380 g/mol. The highest BCUT2D eigenvalue weighted by Gasteiger charge is 2.18. The van der Waals surface area contributed by atoms with Gasteiger partial charge in [0.05, 0.1) is 13.2 Å². The molecule has 4 N–H and O–H groups in total. The quantitative estimate of drug-likeness (QED) is 0.697. The number of carbonyl (C=O) groups is 2. The van der Waals surface area contributed by atoms with Gasteiger partial charge in [0, 0.05) is 41.5 Å². The van der Waals surface area contributed by atoms with E-state index in [0.717, 1.165) is 22.3 Å². The Balaban J connectivity index is 1.59. The molecule has 30 heavy (non-hydrogen) atoms. The monoisotopic (exact) mass is 402 g/mol. The topological polar surface area (TPSA) is 112 Å². The molecule has 0 radical (unpaired) electrons. The third-order valence-electron chi connectivity index (χ3n) is 5.16. The normalized spacial score (nSPS) is 13.8. The van der Waals surface area contributed by atoms with Crippen molar-refractivity contribution in [3.8, 4) is 22.3 Å². The SMILES string of the molecule is NC(=O)c1ccc(-c2cc(-c3ccc(C(=O)N4CCOCC4)cc3)cnc2N)cc1. The molecule has 1 saturated heterocycles. The van der Waals surface area contributed by atoms with Crippen LogP contribution in [-0.2, 0) is 4.74 Å². The lowest BCUT2D eigenvalue weighted by Gasteiger charge is -2.26. The number of anilines is 1. The van der Waals surface area contributed by atoms with Crippen molar-refractivity contribution >= 4 is 17.6 Å². The van der Waals surface area contributed by atoms with E-state index in [1.165, 1.54) is 0 Å². The number of ether oxygens (including phenoxy) is 1. The van der Waals surface area contributed by atoms with E-state index in [4.69, 9.17) is 16.2 Å². The van der Waals surface area contributed by atoms with Gasteiger partial charge in [-0.3, -0.25) is 9.59 Å². The number of morpholine rings is 1. The zero-order valence-corrected chi connectivity index (χ0v) is 16.4. The number of rotatable bonds is 4. The number of aromatic nitrogens is 1. The summed E-state index contributed by atoms with van der Waals surface area (Å²) in [4.78, 5) is 30.0. The molecule has 0 aliphatic carbocycles. The summed E-state index contributed by atoms with van der Waals surface area (Å²) in [6, 6.07) is 16.3. The molecule has 0 saturated carbocycles. The highest BCUT2D eigenvalue weighted by Crippen LogP contribution is 2.30. The molecule has 0 atom stereocenters. The summed E-state index contributed by atoms with van der Waals surface area (Å²) >= 11 is 0. The summed E-state index contributed by atoms with van der Waals surface area (Å²) in [6.45, 7) is 2.37. The molecule has 7 nitrogen and oxygen atoms in total. The third kappa shape index (κ3) is 4.01. The first kappa shape index (κ1) is 19.6. The van der Waals surface area contributed by atoms with Gasteiger partial charge in [-0.05, 0) is 41.5 Å². The van der Waals surface area contributed by atoms with Crippen molar-refractivity contribution in [3.05, 3.63) is 71.9 Å². The molecule has 2 heterocycles. The number of nitrogen functional groups attached to an aromatic ring is 1. The van der Waals surface area contributed by atoms with E-state index in [1.807, 2.05) is 30.3 Å². The Morgan fingerprint density at radius 1 is 0.867 bits per heavy atom. The van der Waals surface area contributed by atoms with Crippen LogP contribution in [0.3, 0.4) is 0 Å². The van der Waals surface area contributed by atoms with Crippen molar-refractivity contribution in [2.75, 3.05) is 32.0 Å². The second-order valence-corrected chi connectivity index (χ2v) is 7.08. The maximum Gasteiger partial charge on any atom is 0.254 e. The van der Waals surface area contributed by atoms with Crippen LogP contribution in [0, 0.1) is 0 Å². The van der Waals surface area contributed by atoms with E-state index in [1.54, 1.807) is 35.4 Å². The van der Waals surface area contributed by atoms with Crippen LogP contribution in [0.25, 0.3) is 22.3 Å². The van der Waals surface area contributed by atoms with Crippen LogP contribution < -0.4 is 11.5 Å². The Bertz CT molecular complexity index is 1070. The lowest BCUT2D eigenvalue weighted by Crippen LogP contribution is -2.40. The smallest absolute Gasteiger partial charge is 0.254 e. The van der Waals surface area contributed by atoms with E-state index < -0.39 is 5.91 Å². The van der Waals surface area contributed by atoms with Crippen LogP contribution >= 0.6 is 0 Å². The Morgan fingerprint density at radius 3 is 2.10 bits per heavy atom. The predicted octanol–water partition coefficient (Wildman–Crippen LogP) is 2.57. The lowest BCUT2D eigenvalue weighted by atomic mass is 9.99. The number of benzene rings is 2. The maximum absolute atomic E-state index is 12.6. The van der Waals surface area contributed by atoms with Gasteiger partial charge in [-0.25, -0.2) is 4.98 Å².